The third-order valence-corrected chi connectivity index (χ3v) is 6.13. The number of aryl methyl sites for hydroxylation is 2. The monoisotopic (exact) mass is 442 g/mol. The summed E-state index contributed by atoms with van der Waals surface area (Å²) in [6.45, 7) is 4.82. The van der Waals surface area contributed by atoms with Gasteiger partial charge in [0.05, 0.1) is 33.2 Å². The van der Waals surface area contributed by atoms with Crippen LogP contribution in [0.2, 0.25) is 5.02 Å². The molecule has 2 aromatic rings. The highest BCUT2D eigenvalue weighted by Gasteiger charge is 2.32. The summed E-state index contributed by atoms with van der Waals surface area (Å²) in [4.78, 5) is 12.5. The van der Waals surface area contributed by atoms with Crippen LogP contribution in [0.4, 0.5) is 18.9 Å². The first-order valence-corrected chi connectivity index (χ1v) is 10.4. The average molecular weight is 443 g/mol. The van der Waals surface area contributed by atoms with Crippen LogP contribution in [0.3, 0.4) is 0 Å². The fraction of sp³-hybridized carbons (Fsp3) is 0.524. The van der Waals surface area contributed by atoms with E-state index in [9.17, 15) is 18.0 Å². The van der Waals surface area contributed by atoms with Gasteiger partial charge < -0.3 is 10.6 Å². The Bertz CT molecular complexity index is 918. The third-order valence-electron chi connectivity index (χ3n) is 5.80. The van der Waals surface area contributed by atoms with Crippen molar-refractivity contribution in [1.29, 1.82) is 0 Å². The molecule has 1 aromatic carbocycles. The molecule has 0 saturated heterocycles. The van der Waals surface area contributed by atoms with Gasteiger partial charge in [0.1, 0.15) is 0 Å². The molecule has 0 aliphatic heterocycles. The lowest BCUT2D eigenvalue weighted by molar-refractivity contribution is -0.137. The van der Waals surface area contributed by atoms with Gasteiger partial charge in [-0.3, -0.25) is 9.48 Å². The van der Waals surface area contributed by atoms with E-state index in [4.69, 9.17) is 11.6 Å². The van der Waals surface area contributed by atoms with Gasteiger partial charge in [-0.05, 0) is 63.6 Å². The van der Waals surface area contributed by atoms with Crippen molar-refractivity contribution in [3.05, 3.63) is 45.7 Å². The maximum absolute atomic E-state index is 12.9. The van der Waals surface area contributed by atoms with E-state index < -0.39 is 17.6 Å². The second-order valence-electron chi connectivity index (χ2n) is 7.93. The summed E-state index contributed by atoms with van der Waals surface area (Å²) in [6.07, 6.45) is -1.12. The van der Waals surface area contributed by atoms with Gasteiger partial charge in [-0.1, -0.05) is 11.6 Å². The summed E-state index contributed by atoms with van der Waals surface area (Å²) in [7, 11) is 1.91. The average Bonchev–Trinajstić information content (AvgIpc) is 2.92. The molecule has 0 radical (unpaired) electrons. The van der Waals surface area contributed by atoms with E-state index in [1.807, 2.05) is 25.6 Å². The quantitative estimate of drug-likeness (QED) is 0.676. The van der Waals surface area contributed by atoms with Crippen LogP contribution in [0.15, 0.2) is 18.2 Å². The highest BCUT2D eigenvalue weighted by Crippen LogP contribution is 2.32. The molecule has 1 aliphatic carbocycles. The van der Waals surface area contributed by atoms with Gasteiger partial charge in [0.25, 0.3) is 5.91 Å². The van der Waals surface area contributed by atoms with E-state index in [1.54, 1.807) is 0 Å². The van der Waals surface area contributed by atoms with Gasteiger partial charge in [0.15, 0.2) is 0 Å². The molecular formula is C21H26ClF3N4O. The largest absolute Gasteiger partial charge is 0.416 e. The molecule has 1 aliphatic rings. The van der Waals surface area contributed by atoms with Crippen LogP contribution in [0.1, 0.15) is 53.0 Å². The maximum Gasteiger partial charge on any atom is 0.416 e. The van der Waals surface area contributed by atoms with Crippen LogP contribution < -0.4 is 10.6 Å². The highest BCUT2D eigenvalue weighted by atomic mass is 35.5. The van der Waals surface area contributed by atoms with Gasteiger partial charge in [0, 0.05) is 19.6 Å². The number of hydrogen-bond acceptors (Lipinski definition) is 3. The van der Waals surface area contributed by atoms with Crippen molar-refractivity contribution >= 4 is 23.2 Å². The second-order valence-corrected chi connectivity index (χ2v) is 8.34. The van der Waals surface area contributed by atoms with E-state index in [0.29, 0.717) is 5.92 Å². The molecule has 1 fully saturated rings. The minimum Gasteiger partial charge on any atom is -0.382 e. The molecule has 9 heteroatoms. The lowest BCUT2D eigenvalue weighted by Crippen LogP contribution is -2.38. The minimum absolute atomic E-state index is 0.0144. The number of amides is 1. The minimum atomic E-state index is -4.52. The number of nitrogens with zero attached hydrogens (tertiary/aromatic N) is 2. The zero-order valence-electron chi connectivity index (χ0n) is 17.2. The van der Waals surface area contributed by atoms with E-state index >= 15 is 0 Å². The summed E-state index contributed by atoms with van der Waals surface area (Å²) < 4.78 is 40.6. The molecule has 0 atom stereocenters. The number of benzene rings is 1. The summed E-state index contributed by atoms with van der Waals surface area (Å²) in [5.74, 6) is -0.0939. The molecule has 1 aromatic heterocycles. The summed E-state index contributed by atoms with van der Waals surface area (Å²) in [6, 6.07) is 2.74. The van der Waals surface area contributed by atoms with Crippen molar-refractivity contribution in [2.45, 2.75) is 51.7 Å². The molecule has 5 nitrogen and oxygen atoms in total. The number of rotatable bonds is 5. The van der Waals surface area contributed by atoms with E-state index in [1.165, 1.54) is 0 Å². The van der Waals surface area contributed by atoms with Gasteiger partial charge in [-0.2, -0.15) is 18.3 Å². The first-order valence-electron chi connectivity index (χ1n) is 9.98. The Morgan fingerprint density at radius 1 is 1.23 bits per heavy atom. The lowest BCUT2D eigenvalue weighted by Gasteiger charge is -2.29. The maximum atomic E-state index is 12.9. The number of carbonyl (C=O) groups is 1. The zero-order valence-corrected chi connectivity index (χ0v) is 18.0. The SMILES string of the molecule is Cc1nn(C)c(C)c1NCC1CCC(NC(=O)c2cc(C(F)(F)F)ccc2Cl)CC1. The Hall–Kier alpha value is -2.22. The lowest BCUT2D eigenvalue weighted by atomic mass is 9.85. The van der Waals surface area contributed by atoms with E-state index in [2.05, 4.69) is 15.7 Å². The molecule has 3 rings (SSSR count). The number of alkyl halides is 3. The number of aromatic nitrogens is 2. The molecule has 1 saturated carbocycles. The molecular weight excluding hydrogens is 417 g/mol. The Morgan fingerprint density at radius 3 is 2.47 bits per heavy atom. The first-order chi connectivity index (χ1) is 14.1. The Labute approximate surface area is 179 Å². The molecule has 0 spiro atoms. The number of hydrogen-bond donors (Lipinski definition) is 2. The standard InChI is InChI=1S/C21H26ClF3N4O/c1-12-19(13(2)29(3)28-12)26-11-14-4-7-16(8-5-14)27-20(30)17-10-15(21(23,24)25)6-9-18(17)22/h6,9-10,14,16,26H,4-5,7-8,11H2,1-3H3,(H,27,30). The summed E-state index contributed by atoms with van der Waals surface area (Å²) >= 11 is 5.97. The van der Waals surface area contributed by atoms with Crippen molar-refractivity contribution < 1.29 is 18.0 Å². The fourth-order valence-electron chi connectivity index (χ4n) is 3.93. The topological polar surface area (TPSA) is 59.0 Å². The predicted molar refractivity (Wildman–Crippen MR) is 111 cm³/mol. The molecule has 1 amide bonds. The molecule has 0 bridgehead atoms. The normalized spacial score (nSPS) is 19.6. The van der Waals surface area contributed by atoms with Crippen LogP contribution >= 0.6 is 11.6 Å². The molecule has 1 heterocycles. The van der Waals surface area contributed by atoms with Gasteiger partial charge in [0.2, 0.25) is 0 Å². The number of anilines is 1. The van der Waals surface area contributed by atoms with Gasteiger partial charge >= 0.3 is 6.18 Å². The van der Waals surface area contributed by atoms with Gasteiger partial charge in [-0.15, -0.1) is 0 Å². The second kappa shape index (κ2) is 8.88. The van der Waals surface area contributed by atoms with Crippen molar-refractivity contribution in [1.82, 2.24) is 15.1 Å². The van der Waals surface area contributed by atoms with Crippen LogP contribution in [-0.4, -0.2) is 28.3 Å². The van der Waals surface area contributed by atoms with Crippen LogP contribution in [0.5, 0.6) is 0 Å². The number of halogens is 4. The predicted octanol–water partition coefficient (Wildman–Crippen LogP) is 5.11. The van der Waals surface area contributed by atoms with Crippen molar-refractivity contribution in [3.8, 4) is 0 Å². The highest BCUT2D eigenvalue weighted by molar-refractivity contribution is 6.33. The molecule has 2 N–H and O–H groups in total. The number of nitrogens with one attached hydrogen (secondary N) is 2. The third kappa shape index (κ3) is 5.09. The molecule has 30 heavy (non-hydrogen) atoms. The van der Waals surface area contributed by atoms with Crippen LogP contribution in [-0.2, 0) is 13.2 Å². The van der Waals surface area contributed by atoms with Crippen LogP contribution in [0, 0.1) is 19.8 Å². The summed E-state index contributed by atoms with van der Waals surface area (Å²) in [5.41, 5.74) is 2.10. The smallest absolute Gasteiger partial charge is 0.382 e. The van der Waals surface area contributed by atoms with E-state index in [0.717, 1.165) is 67.5 Å². The first kappa shape index (κ1) is 22.5. The zero-order chi connectivity index (χ0) is 22.1. The Balaban J connectivity index is 1.53. The Morgan fingerprint density at radius 2 is 1.90 bits per heavy atom. The van der Waals surface area contributed by atoms with Crippen LogP contribution in [0.25, 0.3) is 0 Å². The van der Waals surface area contributed by atoms with Crippen molar-refractivity contribution in [3.63, 3.8) is 0 Å². The fourth-order valence-corrected chi connectivity index (χ4v) is 4.13. The number of carbonyl (C=O) groups excluding carboxylic acids is 1. The van der Waals surface area contributed by atoms with Gasteiger partial charge in [-0.25, -0.2) is 0 Å². The summed E-state index contributed by atoms with van der Waals surface area (Å²) in [5, 5.41) is 10.7. The Kier molecular flexibility index (Phi) is 6.65. The van der Waals surface area contributed by atoms with Crippen molar-refractivity contribution in [2.24, 2.45) is 13.0 Å². The molecule has 0 unspecified atom stereocenters. The van der Waals surface area contributed by atoms with E-state index in [-0.39, 0.29) is 16.6 Å². The molecule has 164 valence electrons. The van der Waals surface area contributed by atoms with Crippen molar-refractivity contribution in [2.75, 3.05) is 11.9 Å².